The van der Waals surface area contributed by atoms with Crippen molar-refractivity contribution in [1.82, 2.24) is 4.72 Å². The quantitative estimate of drug-likeness (QED) is 0.616. The van der Waals surface area contributed by atoms with E-state index < -0.39 is 16.0 Å². The number of nitrogens with one attached hydrogen (secondary N) is 1. The number of sulfonamides is 1. The summed E-state index contributed by atoms with van der Waals surface area (Å²) in [6, 6.07) is 3.78. The minimum Gasteiger partial charge on any atom is -0.465 e. The lowest BCUT2D eigenvalue weighted by molar-refractivity contribution is 0.0600. The summed E-state index contributed by atoms with van der Waals surface area (Å²) in [4.78, 5) is 11.4. The molecule has 0 aliphatic carbocycles. The van der Waals surface area contributed by atoms with Gasteiger partial charge < -0.3 is 10.5 Å². The van der Waals surface area contributed by atoms with Crippen LogP contribution in [0, 0.1) is 5.92 Å². The van der Waals surface area contributed by atoms with E-state index in [0.29, 0.717) is 0 Å². The molecule has 0 bridgehead atoms. The van der Waals surface area contributed by atoms with E-state index in [2.05, 4.69) is 9.46 Å². The van der Waals surface area contributed by atoms with Gasteiger partial charge in [-0.15, -0.1) is 0 Å². The molecule has 0 aromatic heterocycles. The molecule has 2 atom stereocenters. The Labute approximate surface area is 125 Å². The first-order valence-electron chi connectivity index (χ1n) is 6.73. The highest BCUT2D eigenvalue weighted by Crippen LogP contribution is 2.21. The predicted molar refractivity (Wildman–Crippen MR) is 81.4 cm³/mol. The molecule has 0 fully saturated rings. The number of esters is 1. The first-order chi connectivity index (χ1) is 9.72. The molecular formula is C14H22N2O4S. The van der Waals surface area contributed by atoms with Gasteiger partial charge in [0.25, 0.3) is 0 Å². The highest BCUT2D eigenvalue weighted by atomic mass is 32.2. The van der Waals surface area contributed by atoms with Crippen LogP contribution in [0.2, 0.25) is 0 Å². The van der Waals surface area contributed by atoms with Gasteiger partial charge in [-0.25, -0.2) is 17.9 Å². The lowest BCUT2D eigenvalue weighted by atomic mass is 10.0. The highest BCUT2D eigenvalue weighted by Gasteiger charge is 2.23. The van der Waals surface area contributed by atoms with Crippen LogP contribution in [0.5, 0.6) is 0 Å². The topological polar surface area (TPSA) is 98.5 Å². The maximum absolute atomic E-state index is 12.3. The number of rotatable bonds is 6. The van der Waals surface area contributed by atoms with Gasteiger partial charge in [-0.2, -0.15) is 0 Å². The van der Waals surface area contributed by atoms with Crippen molar-refractivity contribution in [1.29, 1.82) is 0 Å². The lowest BCUT2D eigenvalue weighted by Gasteiger charge is -2.20. The average molecular weight is 314 g/mol. The lowest BCUT2D eigenvalue weighted by Crippen LogP contribution is -2.37. The Morgan fingerprint density at radius 1 is 1.38 bits per heavy atom. The van der Waals surface area contributed by atoms with Gasteiger partial charge in [0.1, 0.15) is 4.90 Å². The van der Waals surface area contributed by atoms with Gasteiger partial charge in [0, 0.05) is 6.04 Å². The van der Waals surface area contributed by atoms with Crippen LogP contribution in [0.15, 0.2) is 23.1 Å². The SMILES string of the molecule is CCC(C)C(C)NS(=O)(=O)c1ccc(C(=O)OC)cc1N. The van der Waals surface area contributed by atoms with Crippen molar-refractivity contribution in [3.05, 3.63) is 23.8 Å². The second-order valence-electron chi connectivity index (χ2n) is 5.04. The van der Waals surface area contributed by atoms with Crippen molar-refractivity contribution in [2.24, 2.45) is 5.92 Å². The molecule has 0 saturated carbocycles. The second kappa shape index (κ2) is 6.91. The van der Waals surface area contributed by atoms with Crippen molar-refractivity contribution in [2.75, 3.05) is 12.8 Å². The Morgan fingerprint density at radius 3 is 2.48 bits per heavy atom. The third kappa shape index (κ3) is 4.18. The molecule has 3 N–H and O–H groups in total. The Balaban J connectivity index is 3.07. The molecule has 1 aromatic carbocycles. The largest absolute Gasteiger partial charge is 0.465 e. The zero-order chi connectivity index (χ0) is 16.2. The van der Waals surface area contributed by atoms with Crippen LogP contribution in [-0.4, -0.2) is 27.5 Å². The van der Waals surface area contributed by atoms with Crippen LogP contribution >= 0.6 is 0 Å². The van der Waals surface area contributed by atoms with E-state index in [1.54, 1.807) is 0 Å². The number of benzene rings is 1. The maximum atomic E-state index is 12.3. The molecule has 0 saturated heterocycles. The molecule has 0 radical (unpaired) electrons. The zero-order valence-corrected chi connectivity index (χ0v) is 13.5. The van der Waals surface area contributed by atoms with Crippen molar-refractivity contribution >= 4 is 21.7 Å². The first kappa shape index (κ1) is 17.5. The van der Waals surface area contributed by atoms with E-state index in [4.69, 9.17) is 5.73 Å². The number of anilines is 1. The molecule has 0 amide bonds. The Kier molecular flexibility index (Phi) is 5.74. The molecule has 2 unspecified atom stereocenters. The summed E-state index contributed by atoms with van der Waals surface area (Å²) in [7, 11) is -2.47. The van der Waals surface area contributed by atoms with Crippen LogP contribution < -0.4 is 10.5 Å². The Bertz CT molecular complexity index is 613. The van der Waals surface area contributed by atoms with Crippen molar-refractivity contribution in [3.63, 3.8) is 0 Å². The summed E-state index contributed by atoms with van der Waals surface area (Å²) in [6.07, 6.45) is 0.862. The smallest absolute Gasteiger partial charge is 0.337 e. The number of methoxy groups -OCH3 is 1. The van der Waals surface area contributed by atoms with E-state index in [1.165, 1.54) is 25.3 Å². The van der Waals surface area contributed by atoms with Crippen LogP contribution in [0.25, 0.3) is 0 Å². The van der Waals surface area contributed by atoms with E-state index in [0.717, 1.165) is 6.42 Å². The number of ether oxygens (including phenoxy) is 1. The van der Waals surface area contributed by atoms with Gasteiger partial charge in [0.15, 0.2) is 0 Å². The molecule has 1 aromatic rings. The van der Waals surface area contributed by atoms with Gasteiger partial charge in [-0.05, 0) is 31.0 Å². The Hall–Kier alpha value is -1.60. The van der Waals surface area contributed by atoms with Crippen LogP contribution in [0.3, 0.4) is 0 Å². The zero-order valence-electron chi connectivity index (χ0n) is 12.7. The molecule has 0 aliphatic rings. The summed E-state index contributed by atoms with van der Waals surface area (Å²) >= 11 is 0. The number of nitrogen functional groups attached to an aromatic ring is 1. The van der Waals surface area contributed by atoms with Crippen LogP contribution in [0.1, 0.15) is 37.6 Å². The summed E-state index contributed by atoms with van der Waals surface area (Å²) in [5, 5.41) is 0. The number of hydrogen-bond donors (Lipinski definition) is 2. The summed E-state index contributed by atoms with van der Waals surface area (Å²) in [5.41, 5.74) is 5.98. The van der Waals surface area contributed by atoms with Crippen molar-refractivity contribution in [3.8, 4) is 0 Å². The maximum Gasteiger partial charge on any atom is 0.337 e. The van der Waals surface area contributed by atoms with Crippen LogP contribution in [-0.2, 0) is 14.8 Å². The minimum atomic E-state index is -3.72. The van der Waals surface area contributed by atoms with Crippen LogP contribution in [0.4, 0.5) is 5.69 Å². The third-order valence-corrected chi connectivity index (χ3v) is 5.19. The summed E-state index contributed by atoms with van der Waals surface area (Å²) in [5.74, 6) is -0.359. The fourth-order valence-electron chi connectivity index (χ4n) is 1.82. The number of hydrogen-bond acceptors (Lipinski definition) is 5. The Morgan fingerprint density at radius 2 is 2.00 bits per heavy atom. The number of carbonyl (C=O) groups excluding carboxylic acids is 1. The van der Waals surface area contributed by atoms with Crippen molar-refractivity contribution < 1.29 is 17.9 Å². The molecule has 6 nitrogen and oxygen atoms in total. The van der Waals surface area contributed by atoms with E-state index in [1.807, 2.05) is 20.8 Å². The fourth-order valence-corrected chi connectivity index (χ4v) is 3.28. The molecule has 7 heteroatoms. The molecule has 1 rings (SSSR count). The molecule has 0 heterocycles. The van der Waals surface area contributed by atoms with Gasteiger partial charge >= 0.3 is 5.97 Å². The van der Waals surface area contributed by atoms with Gasteiger partial charge in [-0.1, -0.05) is 20.3 Å². The van der Waals surface area contributed by atoms with Gasteiger partial charge in [0.2, 0.25) is 10.0 Å². The normalized spacial score (nSPS) is 14.5. The van der Waals surface area contributed by atoms with E-state index in [9.17, 15) is 13.2 Å². The minimum absolute atomic E-state index is 0.0155. The van der Waals surface area contributed by atoms with Gasteiger partial charge in [0.05, 0.1) is 18.4 Å². The highest BCUT2D eigenvalue weighted by molar-refractivity contribution is 7.89. The fraction of sp³-hybridized carbons (Fsp3) is 0.500. The van der Waals surface area contributed by atoms with E-state index >= 15 is 0 Å². The second-order valence-corrected chi connectivity index (χ2v) is 6.72. The number of nitrogens with two attached hydrogens (primary N) is 1. The third-order valence-electron chi connectivity index (χ3n) is 3.56. The molecule has 118 valence electrons. The first-order valence-corrected chi connectivity index (χ1v) is 8.21. The molecule has 0 spiro atoms. The van der Waals surface area contributed by atoms with E-state index in [-0.39, 0.29) is 28.1 Å². The predicted octanol–water partition coefficient (Wildman–Crippen LogP) is 1.77. The van der Waals surface area contributed by atoms with Gasteiger partial charge in [-0.3, -0.25) is 0 Å². The standard InChI is InChI=1S/C14H22N2O4S/c1-5-9(2)10(3)16-21(18,19)13-7-6-11(8-12(13)15)14(17)20-4/h6-10,16H,5,15H2,1-4H3. The average Bonchev–Trinajstić information content (AvgIpc) is 2.44. The summed E-state index contributed by atoms with van der Waals surface area (Å²) < 4.78 is 31.8. The van der Waals surface area contributed by atoms with Crippen molar-refractivity contribution in [2.45, 2.75) is 38.1 Å². The monoisotopic (exact) mass is 314 g/mol. The summed E-state index contributed by atoms with van der Waals surface area (Å²) in [6.45, 7) is 5.77. The molecule has 0 aliphatic heterocycles. The number of carbonyl (C=O) groups is 1. The molecule has 21 heavy (non-hydrogen) atoms. The molecular weight excluding hydrogens is 292 g/mol.